The highest BCUT2D eigenvalue weighted by atomic mass is 16.7. The first-order valence-electron chi connectivity index (χ1n) is 5.67. The quantitative estimate of drug-likeness (QED) is 0.707. The molecule has 0 radical (unpaired) electrons. The maximum Gasteiger partial charge on any atom is 0.180 e. The molecule has 2 heterocycles. The Balaban J connectivity index is 1.59. The van der Waals surface area contributed by atoms with Crippen molar-refractivity contribution in [1.29, 1.82) is 0 Å². The minimum absolute atomic E-state index is 0.169. The molecule has 0 aromatic carbocycles. The third kappa shape index (κ3) is 3.41. The molecule has 0 aromatic rings. The molecule has 2 fully saturated rings. The van der Waals surface area contributed by atoms with E-state index < -0.39 is 0 Å². The summed E-state index contributed by atoms with van der Waals surface area (Å²) in [6.07, 6.45) is 2.00. The van der Waals surface area contributed by atoms with Gasteiger partial charge in [0.25, 0.3) is 0 Å². The van der Waals surface area contributed by atoms with Crippen LogP contribution in [-0.4, -0.2) is 45.9 Å². The van der Waals surface area contributed by atoms with E-state index in [0.717, 1.165) is 45.9 Å². The van der Waals surface area contributed by atoms with Crippen molar-refractivity contribution in [2.24, 2.45) is 5.41 Å². The van der Waals surface area contributed by atoms with E-state index in [1.54, 1.807) is 0 Å². The van der Waals surface area contributed by atoms with E-state index in [1.807, 2.05) is 0 Å². The van der Waals surface area contributed by atoms with Gasteiger partial charge in [0, 0.05) is 18.6 Å². The fourth-order valence-electron chi connectivity index (χ4n) is 1.71. The molecule has 4 heteroatoms. The summed E-state index contributed by atoms with van der Waals surface area (Å²) in [5.41, 5.74) is 0.213. The van der Waals surface area contributed by atoms with E-state index in [4.69, 9.17) is 18.9 Å². The van der Waals surface area contributed by atoms with Crippen molar-refractivity contribution in [2.75, 3.05) is 39.6 Å². The zero-order valence-corrected chi connectivity index (χ0v) is 9.37. The van der Waals surface area contributed by atoms with Crippen LogP contribution in [0.2, 0.25) is 0 Å². The molecule has 0 atom stereocenters. The maximum atomic E-state index is 5.61. The summed E-state index contributed by atoms with van der Waals surface area (Å²) in [5.74, 6) is 0. The van der Waals surface area contributed by atoms with Gasteiger partial charge in [-0.2, -0.15) is 0 Å². The summed E-state index contributed by atoms with van der Waals surface area (Å²) in [4.78, 5) is 0. The van der Waals surface area contributed by atoms with Crippen molar-refractivity contribution in [2.45, 2.75) is 26.1 Å². The molecule has 0 aromatic heterocycles. The average molecular weight is 216 g/mol. The molecule has 2 aliphatic rings. The van der Waals surface area contributed by atoms with Gasteiger partial charge in [-0.15, -0.1) is 0 Å². The van der Waals surface area contributed by atoms with E-state index in [2.05, 4.69) is 6.92 Å². The molecular formula is C11H20O4. The molecule has 0 aliphatic carbocycles. The smallest absolute Gasteiger partial charge is 0.180 e. The molecule has 2 aliphatic heterocycles. The molecule has 0 bridgehead atoms. The molecule has 4 nitrogen and oxygen atoms in total. The molecule has 88 valence electrons. The minimum Gasteiger partial charge on any atom is -0.380 e. The topological polar surface area (TPSA) is 36.9 Å². The highest BCUT2D eigenvalue weighted by Gasteiger charge is 2.33. The molecule has 2 rings (SSSR count). The average Bonchev–Trinajstić information content (AvgIpc) is 2.44. The van der Waals surface area contributed by atoms with E-state index in [1.165, 1.54) is 0 Å². The monoisotopic (exact) mass is 216 g/mol. The van der Waals surface area contributed by atoms with Gasteiger partial charge >= 0.3 is 0 Å². The van der Waals surface area contributed by atoms with Gasteiger partial charge in [0.2, 0.25) is 0 Å². The first kappa shape index (κ1) is 11.3. The first-order valence-corrected chi connectivity index (χ1v) is 5.67. The maximum absolute atomic E-state index is 5.61. The zero-order chi connectivity index (χ0) is 10.6. The Morgan fingerprint density at radius 3 is 2.40 bits per heavy atom. The number of ether oxygens (including phenoxy) is 4. The summed E-state index contributed by atoms with van der Waals surface area (Å²) in [6, 6.07) is 0. The Morgan fingerprint density at radius 1 is 1.20 bits per heavy atom. The summed E-state index contributed by atoms with van der Waals surface area (Å²) in [7, 11) is 0. The van der Waals surface area contributed by atoms with Crippen molar-refractivity contribution in [3.63, 3.8) is 0 Å². The lowest BCUT2D eigenvalue weighted by Gasteiger charge is -2.37. The molecule has 0 N–H and O–H groups in total. The van der Waals surface area contributed by atoms with Crippen LogP contribution in [-0.2, 0) is 18.9 Å². The minimum atomic E-state index is -0.169. The summed E-state index contributed by atoms with van der Waals surface area (Å²) in [6.45, 7) is 6.62. The van der Waals surface area contributed by atoms with Gasteiger partial charge in [-0.05, 0) is 12.8 Å². The van der Waals surface area contributed by atoms with Crippen LogP contribution >= 0.6 is 0 Å². The third-order valence-corrected chi connectivity index (χ3v) is 2.75. The lowest BCUT2D eigenvalue weighted by atomic mass is 9.90. The van der Waals surface area contributed by atoms with Crippen LogP contribution in [0.3, 0.4) is 0 Å². The van der Waals surface area contributed by atoms with E-state index in [9.17, 15) is 0 Å². The Kier molecular flexibility index (Phi) is 3.97. The second-order valence-corrected chi connectivity index (χ2v) is 4.70. The van der Waals surface area contributed by atoms with Crippen molar-refractivity contribution >= 4 is 0 Å². The number of rotatable bonds is 4. The lowest BCUT2D eigenvalue weighted by Crippen LogP contribution is -2.44. The van der Waals surface area contributed by atoms with Crippen LogP contribution in [0.15, 0.2) is 0 Å². The van der Waals surface area contributed by atoms with Crippen molar-refractivity contribution in [3.8, 4) is 0 Å². The molecular weight excluding hydrogens is 196 g/mol. The fourth-order valence-corrected chi connectivity index (χ4v) is 1.71. The highest BCUT2D eigenvalue weighted by Crippen LogP contribution is 2.26. The third-order valence-electron chi connectivity index (χ3n) is 2.75. The second-order valence-electron chi connectivity index (χ2n) is 4.70. The number of hydrogen-bond acceptors (Lipinski definition) is 4. The standard InChI is InChI=1S/C11H20O4/c1-11(8-13-9-11)7-12-6-10-14-4-2-3-5-15-10/h10H,2-9H2,1H3. The van der Waals surface area contributed by atoms with Gasteiger partial charge in [0.15, 0.2) is 6.29 Å². The van der Waals surface area contributed by atoms with Crippen LogP contribution in [0.25, 0.3) is 0 Å². The zero-order valence-electron chi connectivity index (χ0n) is 9.37. The molecule has 2 saturated heterocycles. The highest BCUT2D eigenvalue weighted by molar-refractivity contribution is 4.80. The van der Waals surface area contributed by atoms with E-state index in [-0.39, 0.29) is 11.7 Å². The fraction of sp³-hybridized carbons (Fsp3) is 1.00. The molecule has 0 unspecified atom stereocenters. The molecule has 15 heavy (non-hydrogen) atoms. The van der Waals surface area contributed by atoms with Crippen LogP contribution in [0.1, 0.15) is 19.8 Å². The van der Waals surface area contributed by atoms with E-state index >= 15 is 0 Å². The van der Waals surface area contributed by atoms with E-state index in [0.29, 0.717) is 6.61 Å². The van der Waals surface area contributed by atoms with Crippen LogP contribution in [0.4, 0.5) is 0 Å². The molecule has 0 spiro atoms. The van der Waals surface area contributed by atoms with Gasteiger partial charge in [-0.25, -0.2) is 0 Å². The largest absolute Gasteiger partial charge is 0.380 e. The Labute approximate surface area is 90.8 Å². The summed E-state index contributed by atoms with van der Waals surface area (Å²) in [5, 5.41) is 0. The van der Waals surface area contributed by atoms with Crippen LogP contribution in [0.5, 0.6) is 0 Å². The second kappa shape index (κ2) is 5.25. The number of hydrogen-bond donors (Lipinski definition) is 0. The van der Waals surface area contributed by atoms with Gasteiger partial charge < -0.3 is 18.9 Å². The SMILES string of the molecule is CC1(COCC2OCCCCO2)COC1. The van der Waals surface area contributed by atoms with Gasteiger partial charge in [-0.1, -0.05) is 6.92 Å². The van der Waals surface area contributed by atoms with Gasteiger partial charge in [0.1, 0.15) is 0 Å². The van der Waals surface area contributed by atoms with Crippen molar-refractivity contribution in [1.82, 2.24) is 0 Å². The van der Waals surface area contributed by atoms with Crippen LogP contribution < -0.4 is 0 Å². The van der Waals surface area contributed by atoms with Gasteiger partial charge in [0.05, 0.1) is 26.4 Å². The lowest BCUT2D eigenvalue weighted by molar-refractivity contribution is -0.186. The summed E-state index contributed by atoms with van der Waals surface area (Å²) < 4.78 is 21.7. The predicted octanol–water partition coefficient (Wildman–Crippen LogP) is 1.19. The first-order chi connectivity index (χ1) is 7.29. The Bertz CT molecular complexity index is 183. The summed E-state index contributed by atoms with van der Waals surface area (Å²) >= 11 is 0. The normalized spacial score (nSPS) is 27.0. The van der Waals surface area contributed by atoms with Crippen molar-refractivity contribution in [3.05, 3.63) is 0 Å². The van der Waals surface area contributed by atoms with Gasteiger partial charge in [-0.3, -0.25) is 0 Å². The Morgan fingerprint density at radius 2 is 1.87 bits per heavy atom. The molecule has 0 amide bonds. The van der Waals surface area contributed by atoms with Crippen molar-refractivity contribution < 1.29 is 18.9 Å². The predicted molar refractivity (Wildman–Crippen MR) is 54.7 cm³/mol. The Hall–Kier alpha value is -0.160. The molecule has 0 saturated carbocycles. The van der Waals surface area contributed by atoms with Crippen LogP contribution in [0, 0.1) is 5.41 Å².